The lowest BCUT2D eigenvalue weighted by Gasteiger charge is -2.13. The van der Waals surface area contributed by atoms with Crippen molar-refractivity contribution < 1.29 is 14.8 Å². The quantitative estimate of drug-likeness (QED) is 0.631. The average Bonchev–Trinajstić information content (AvgIpc) is 2.94. The zero-order valence-electron chi connectivity index (χ0n) is 11.3. The van der Waals surface area contributed by atoms with E-state index in [1.54, 1.807) is 17.5 Å². The normalized spacial score (nSPS) is 12.0. The number of aromatic carboxylic acids is 1. The summed E-state index contributed by atoms with van der Waals surface area (Å²) in [5, 5.41) is 24.4. The number of carboxylic acid groups (broad SMARTS) is 1. The van der Waals surface area contributed by atoms with Crippen molar-refractivity contribution >= 4 is 23.0 Å². The van der Waals surface area contributed by atoms with Gasteiger partial charge >= 0.3 is 5.97 Å². The molecule has 0 saturated carbocycles. The number of nitro benzene ring substituents is 1. The number of carbonyl (C=O) groups is 1. The highest BCUT2D eigenvalue weighted by Gasteiger charge is 2.12. The molecule has 0 radical (unpaired) electrons. The maximum Gasteiger partial charge on any atom is 0.336 e. The van der Waals surface area contributed by atoms with E-state index in [0.29, 0.717) is 6.54 Å². The van der Waals surface area contributed by atoms with E-state index in [2.05, 4.69) is 5.32 Å². The lowest BCUT2D eigenvalue weighted by atomic mass is 10.1. The lowest BCUT2D eigenvalue weighted by molar-refractivity contribution is -0.384. The summed E-state index contributed by atoms with van der Waals surface area (Å²) in [6, 6.07) is 8.02. The second-order valence-electron chi connectivity index (χ2n) is 4.56. The Morgan fingerprint density at radius 1 is 1.48 bits per heavy atom. The Balaban J connectivity index is 2.00. The van der Waals surface area contributed by atoms with Gasteiger partial charge in [-0.3, -0.25) is 10.1 Å². The van der Waals surface area contributed by atoms with Crippen molar-refractivity contribution in [1.29, 1.82) is 0 Å². The topological polar surface area (TPSA) is 92.5 Å². The van der Waals surface area contributed by atoms with Crippen molar-refractivity contribution in [3.63, 3.8) is 0 Å². The summed E-state index contributed by atoms with van der Waals surface area (Å²) in [5.74, 6) is -0.941. The molecule has 0 saturated heterocycles. The Morgan fingerprint density at radius 2 is 2.24 bits per heavy atom. The van der Waals surface area contributed by atoms with Gasteiger partial charge in [0, 0.05) is 35.0 Å². The highest BCUT2D eigenvalue weighted by Crippen LogP contribution is 2.20. The Hall–Kier alpha value is -2.25. The fourth-order valence-electron chi connectivity index (χ4n) is 1.86. The van der Waals surface area contributed by atoms with Gasteiger partial charge in [0.1, 0.15) is 0 Å². The summed E-state index contributed by atoms with van der Waals surface area (Å²) in [6.07, 6.45) is 0. The third-order valence-electron chi connectivity index (χ3n) is 3.06. The second kappa shape index (κ2) is 6.47. The maximum atomic E-state index is 10.8. The zero-order chi connectivity index (χ0) is 15.4. The Kier molecular flexibility index (Phi) is 4.66. The van der Waals surface area contributed by atoms with E-state index in [0.717, 1.165) is 10.4 Å². The first-order chi connectivity index (χ1) is 9.97. The minimum atomic E-state index is -0.941. The minimum Gasteiger partial charge on any atom is -0.478 e. The van der Waals surface area contributed by atoms with Crippen LogP contribution in [0.15, 0.2) is 35.7 Å². The molecule has 0 aliphatic rings. The van der Waals surface area contributed by atoms with Crippen LogP contribution in [0.4, 0.5) is 5.69 Å². The van der Waals surface area contributed by atoms with E-state index in [9.17, 15) is 14.9 Å². The third-order valence-corrected chi connectivity index (χ3v) is 4.00. The molecule has 0 aliphatic heterocycles. The van der Waals surface area contributed by atoms with Gasteiger partial charge < -0.3 is 10.4 Å². The van der Waals surface area contributed by atoms with Gasteiger partial charge in [0.05, 0.1) is 10.5 Å². The van der Waals surface area contributed by atoms with Gasteiger partial charge in [-0.1, -0.05) is 12.1 Å². The van der Waals surface area contributed by atoms with Crippen LogP contribution in [0.5, 0.6) is 0 Å². The molecule has 1 heterocycles. The van der Waals surface area contributed by atoms with Gasteiger partial charge in [-0.2, -0.15) is 0 Å². The van der Waals surface area contributed by atoms with Gasteiger partial charge in [-0.25, -0.2) is 4.79 Å². The molecule has 0 spiro atoms. The number of nitro groups is 1. The van der Waals surface area contributed by atoms with E-state index in [-0.39, 0.29) is 17.3 Å². The SMILES string of the molecule is CC(NCc1cc(C(=O)O)cs1)c1cccc([N+](=O)[O-])c1. The highest BCUT2D eigenvalue weighted by atomic mass is 32.1. The number of rotatable bonds is 6. The maximum absolute atomic E-state index is 10.8. The molecule has 1 atom stereocenters. The summed E-state index contributed by atoms with van der Waals surface area (Å²) in [6.45, 7) is 2.42. The minimum absolute atomic E-state index is 0.0606. The van der Waals surface area contributed by atoms with Gasteiger partial charge in [0.15, 0.2) is 0 Å². The Morgan fingerprint density at radius 3 is 2.86 bits per heavy atom. The monoisotopic (exact) mass is 306 g/mol. The largest absolute Gasteiger partial charge is 0.478 e. The van der Waals surface area contributed by atoms with E-state index in [4.69, 9.17) is 5.11 Å². The van der Waals surface area contributed by atoms with Gasteiger partial charge in [0.25, 0.3) is 5.69 Å². The van der Waals surface area contributed by atoms with Crippen LogP contribution in [0.2, 0.25) is 0 Å². The standard InChI is InChI=1S/C14H14N2O4S/c1-9(10-3-2-4-12(5-10)16(19)20)15-7-13-6-11(8-21-13)14(17)18/h2-6,8-9,15H,7H2,1H3,(H,17,18). The first-order valence-corrected chi connectivity index (χ1v) is 7.14. The Labute approximate surface area is 125 Å². The molecule has 110 valence electrons. The highest BCUT2D eigenvalue weighted by molar-refractivity contribution is 7.10. The summed E-state index contributed by atoms with van der Waals surface area (Å²) in [5.41, 5.74) is 1.16. The molecule has 1 unspecified atom stereocenters. The molecule has 0 bridgehead atoms. The molecule has 1 aromatic heterocycles. The molecule has 2 N–H and O–H groups in total. The van der Waals surface area contributed by atoms with E-state index in [1.807, 2.05) is 13.0 Å². The molecule has 7 heteroatoms. The number of nitrogens with zero attached hydrogens (tertiary/aromatic N) is 1. The smallest absolute Gasteiger partial charge is 0.336 e. The zero-order valence-corrected chi connectivity index (χ0v) is 12.1. The lowest BCUT2D eigenvalue weighted by Crippen LogP contribution is -2.17. The van der Waals surface area contributed by atoms with Crippen molar-refractivity contribution in [3.05, 3.63) is 61.8 Å². The van der Waals surface area contributed by atoms with Crippen molar-refractivity contribution in [2.45, 2.75) is 19.5 Å². The van der Waals surface area contributed by atoms with Crippen molar-refractivity contribution in [2.24, 2.45) is 0 Å². The second-order valence-corrected chi connectivity index (χ2v) is 5.56. The van der Waals surface area contributed by atoms with Crippen LogP contribution >= 0.6 is 11.3 Å². The molecule has 1 aromatic carbocycles. The molecule has 0 aliphatic carbocycles. The van der Waals surface area contributed by atoms with Gasteiger partial charge in [-0.05, 0) is 18.6 Å². The molecular weight excluding hydrogens is 292 g/mol. The summed E-state index contributed by atoms with van der Waals surface area (Å²) < 4.78 is 0. The van der Waals surface area contributed by atoms with Crippen LogP contribution in [0.1, 0.15) is 33.8 Å². The average molecular weight is 306 g/mol. The molecule has 2 rings (SSSR count). The van der Waals surface area contributed by atoms with Crippen LogP contribution in [0, 0.1) is 10.1 Å². The van der Waals surface area contributed by atoms with E-state index >= 15 is 0 Å². The number of non-ortho nitro benzene ring substituents is 1. The number of benzene rings is 1. The predicted molar refractivity (Wildman–Crippen MR) is 79.6 cm³/mol. The number of hydrogen-bond acceptors (Lipinski definition) is 5. The number of hydrogen-bond donors (Lipinski definition) is 2. The summed E-state index contributed by atoms with van der Waals surface area (Å²) >= 11 is 1.37. The van der Waals surface area contributed by atoms with E-state index < -0.39 is 10.9 Å². The fourth-order valence-corrected chi connectivity index (χ4v) is 2.67. The van der Waals surface area contributed by atoms with Crippen LogP contribution in [0.3, 0.4) is 0 Å². The van der Waals surface area contributed by atoms with Gasteiger partial charge in [0.2, 0.25) is 0 Å². The van der Waals surface area contributed by atoms with Crippen LogP contribution in [0.25, 0.3) is 0 Å². The molecular formula is C14H14N2O4S. The number of carboxylic acids is 1. The number of thiophene rings is 1. The molecule has 0 fully saturated rings. The fraction of sp³-hybridized carbons (Fsp3) is 0.214. The third kappa shape index (κ3) is 3.87. The van der Waals surface area contributed by atoms with Crippen LogP contribution < -0.4 is 5.32 Å². The van der Waals surface area contributed by atoms with Crippen LogP contribution in [-0.2, 0) is 6.54 Å². The van der Waals surface area contributed by atoms with Crippen LogP contribution in [-0.4, -0.2) is 16.0 Å². The predicted octanol–water partition coefficient (Wildman–Crippen LogP) is 3.21. The van der Waals surface area contributed by atoms with Gasteiger partial charge in [-0.15, -0.1) is 11.3 Å². The first-order valence-electron chi connectivity index (χ1n) is 6.26. The number of nitrogens with one attached hydrogen (secondary N) is 1. The van der Waals surface area contributed by atoms with Crippen molar-refractivity contribution in [2.75, 3.05) is 0 Å². The van der Waals surface area contributed by atoms with Crippen molar-refractivity contribution in [1.82, 2.24) is 5.32 Å². The molecule has 0 amide bonds. The summed E-state index contributed by atoms with van der Waals surface area (Å²) in [4.78, 5) is 22.0. The summed E-state index contributed by atoms with van der Waals surface area (Å²) in [7, 11) is 0. The molecule has 21 heavy (non-hydrogen) atoms. The Bertz CT molecular complexity index is 668. The van der Waals surface area contributed by atoms with Crippen molar-refractivity contribution in [3.8, 4) is 0 Å². The molecule has 6 nitrogen and oxygen atoms in total. The molecule has 2 aromatic rings. The van der Waals surface area contributed by atoms with E-state index in [1.165, 1.54) is 23.5 Å². The first kappa shape index (κ1) is 15.1.